The number of methoxy groups -OCH3 is 1. The van der Waals surface area contributed by atoms with Gasteiger partial charge in [0, 0.05) is 24.2 Å². The summed E-state index contributed by atoms with van der Waals surface area (Å²) in [5.74, 6) is -0.207. The Morgan fingerprint density at radius 3 is 2.41 bits per heavy atom. The molecule has 1 aromatic rings. The van der Waals surface area contributed by atoms with Crippen LogP contribution in [0.25, 0.3) is 0 Å². The molecular weight excluding hydrogens is 304 g/mol. The van der Waals surface area contributed by atoms with Gasteiger partial charge < -0.3 is 15.4 Å². The molecule has 2 amide bonds. The van der Waals surface area contributed by atoms with E-state index in [2.05, 4.69) is 10.6 Å². The Morgan fingerprint density at radius 2 is 1.86 bits per heavy atom. The van der Waals surface area contributed by atoms with Crippen LogP contribution in [0.3, 0.4) is 0 Å². The Hall–Kier alpha value is -1.59. The van der Waals surface area contributed by atoms with Crippen molar-refractivity contribution in [2.75, 3.05) is 20.3 Å². The van der Waals surface area contributed by atoms with Crippen molar-refractivity contribution in [3.8, 4) is 0 Å². The van der Waals surface area contributed by atoms with Crippen molar-refractivity contribution < 1.29 is 14.3 Å². The van der Waals surface area contributed by atoms with Crippen LogP contribution in [0, 0.1) is 5.92 Å². The molecule has 6 heteroatoms. The molecule has 5 nitrogen and oxygen atoms in total. The van der Waals surface area contributed by atoms with E-state index < -0.39 is 6.04 Å². The maximum Gasteiger partial charge on any atom is 0.251 e. The molecule has 0 aliphatic carbocycles. The number of halogens is 1. The van der Waals surface area contributed by atoms with Crippen LogP contribution in [0.15, 0.2) is 24.3 Å². The molecule has 122 valence electrons. The molecular formula is C16H23ClN2O3. The molecule has 22 heavy (non-hydrogen) atoms. The Labute approximate surface area is 136 Å². The molecule has 0 aliphatic rings. The summed E-state index contributed by atoms with van der Waals surface area (Å²) in [4.78, 5) is 24.4. The summed E-state index contributed by atoms with van der Waals surface area (Å²) in [6, 6.07) is 5.99. The van der Waals surface area contributed by atoms with E-state index in [1.165, 1.54) is 0 Å². The van der Waals surface area contributed by atoms with Crippen LogP contribution in [0.5, 0.6) is 0 Å². The molecule has 2 N–H and O–H groups in total. The van der Waals surface area contributed by atoms with Crippen molar-refractivity contribution in [2.45, 2.75) is 26.3 Å². The zero-order chi connectivity index (χ0) is 16.5. The van der Waals surface area contributed by atoms with Gasteiger partial charge in [0.1, 0.15) is 6.04 Å². The molecule has 0 heterocycles. The first-order valence-corrected chi connectivity index (χ1v) is 7.65. The lowest BCUT2D eigenvalue weighted by molar-refractivity contribution is -0.123. The zero-order valence-electron chi connectivity index (χ0n) is 13.2. The summed E-state index contributed by atoms with van der Waals surface area (Å²) in [6.07, 6.45) is 0.568. The van der Waals surface area contributed by atoms with Gasteiger partial charge in [0.05, 0.1) is 6.61 Å². The predicted octanol–water partition coefficient (Wildman–Crippen LogP) is 2.25. The lowest BCUT2D eigenvalue weighted by Gasteiger charge is -2.20. The lowest BCUT2D eigenvalue weighted by atomic mass is 10.0. The van der Waals surface area contributed by atoms with Gasteiger partial charge in [0.25, 0.3) is 5.91 Å². The molecule has 0 bridgehead atoms. The summed E-state index contributed by atoms with van der Waals surface area (Å²) in [5.41, 5.74) is 0.475. The molecule has 0 spiro atoms. The minimum atomic E-state index is -0.569. The normalized spacial score (nSPS) is 12.0. The van der Waals surface area contributed by atoms with Gasteiger partial charge in [-0.1, -0.05) is 25.4 Å². The summed E-state index contributed by atoms with van der Waals surface area (Å²) in [7, 11) is 1.57. The smallest absolute Gasteiger partial charge is 0.251 e. The fraction of sp³-hybridized carbons (Fsp3) is 0.500. The van der Waals surface area contributed by atoms with E-state index in [9.17, 15) is 9.59 Å². The monoisotopic (exact) mass is 326 g/mol. The van der Waals surface area contributed by atoms with Crippen LogP contribution in [0.1, 0.15) is 30.6 Å². The van der Waals surface area contributed by atoms with E-state index in [4.69, 9.17) is 16.3 Å². The Balaban J connectivity index is 2.69. The zero-order valence-corrected chi connectivity index (χ0v) is 13.9. The largest absolute Gasteiger partial charge is 0.383 e. The second-order valence-electron chi connectivity index (χ2n) is 5.45. The quantitative estimate of drug-likeness (QED) is 0.720. The highest BCUT2D eigenvalue weighted by atomic mass is 35.5. The molecule has 0 radical (unpaired) electrons. The van der Waals surface area contributed by atoms with E-state index in [-0.39, 0.29) is 17.7 Å². The third-order valence-corrected chi connectivity index (χ3v) is 3.29. The highest BCUT2D eigenvalue weighted by Gasteiger charge is 2.22. The van der Waals surface area contributed by atoms with Gasteiger partial charge in [-0.3, -0.25) is 9.59 Å². The van der Waals surface area contributed by atoms with Gasteiger partial charge in [0.15, 0.2) is 0 Å². The van der Waals surface area contributed by atoms with E-state index in [0.717, 1.165) is 0 Å². The average Bonchev–Trinajstić information content (AvgIpc) is 2.46. The average molecular weight is 327 g/mol. The number of amides is 2. The fourth-order valence-corrected chi connectivity index (χ4v) is 2.07. The van der Waals surface area contributed by atoms with Gasteiger partial charge in [-0.25, -0.2) is 0 Å². The molecule has 1 atom stereocenters. The molecule has 0 fully saturated rings. The van der Waals surface area contributed by atoms with Crippen molar-refractivity contribution in [3.05, 3.63) is 34.9 Å². The molecule has 1 aromatic carbocycles. The Bertz CT molecular complexity index is 489. The Morgan fingerprint density at radius 1 is 1.23 bits per heavy atom. The number of hydrogen-bond acceptors (Lipinski definition) is 3. The lowest BCUT2D eigenvalue weighted by Crippen LogP contribution is -2.48. The van der Waals surface area contributed by atoms with E-state index >= 15 is 0 Å². The highest BCUT2D eigenvalue weighted by molar-refractivity contribution is 6.30. The number of ether oxygens (including phenoxy) is 1. The van der Waals surface area contributed by atoms with Crippen LogP contribution >= 0.6 is 11.6 Å². The topological polar surface area (TPSA) is 67.4 Å². The van der Waals surface area contributed by atoms with E-state index in [1.54, 1.807) is 31.4 Å². The van der Waals surface area contributed by atoms with Crippen LogP contribution < -0.4 is 10.6 Å². The molecule has 1 rings (SSSR count). The standard InChI is InChI=1S/C16H23ClN2O3/c1-11(2)10-14(16(21)18-8-9-22-3)19-15(20)12-4-6-13(17)7-5-12/h4-7,11,14H,8-10H2,1-3H3,(H,18,21)(H,19,20). The number of hydrogen-bond donors (Lipinski definition) is 2. The number of carbonyl (C=O) groups is 2. The second kappa shape index (κ2) is 9.43. The molecule has 0 saturated carbocycles. The van der Waals surface area contributed by atoms with Crippen LogP contribution in [0.4, 0.5) is 0 Å². The van der Waals surface area contributed by atoms with Crippen LogP contribution in [0.2, 0.25) is 5.02 Å². The fourth-order valence-electron chi connectivity index (χ4n) is 1.95. The third kappa shape index (κ3) is 6.45. The molecule has 1 unspecified atom stereocenters. The molecule has 0 aliphatic heterocycles. The SMILES string of the molecule is COCCNC(=O)C(CC(C)C)NC(=O)c1ccc(Cl)cc1. The van der Waals surface area contributed by atoms with Gasteiger partial charge in [-0.2, -0.15) is 0 Å². The summed E-state index contributed by atoms with van der Waals surface area (Å²) >= 11 is 5.80. The van der Waals surface area contributed by atoms with Crippen molar-refractivity contribution >= 4 is 23.4 Å². The minimum Gasteiger partial charge on any atom is -0.383 e. The third-order valence-electron chi connectivity index (χ3n) is 3.04. The van der Waals surface area contributed by atoms with Crippen molar-refractivity contribution in [1.29, 1.82) is 0 Å². The first kappa shape index (κ1) is 18.5. The second-order valence-corrected chi connectivity index (χ2v) is 5.88. The maximum absolute atomic E-state index is 12.2. The van der Waals surface area contributed by atoms with Gasteiger partial charge in [0.2, 0.25) is 5.91 Å². The number of nitrogens with one attached hydrogen (secondary N) is 2. The summed E-state index contributed by atoms with van der Waals surface area (Å²) < 4.78 is 4.90. The van der Waals surface area contributed by atoms with Gasteiger partial charge in [-0.15, -0.1) is 0 Å². The van der Waals surface area contributed by atoms with Crippen molar-refractivity contribution in [2.24, 2.45) is 5.92 Å². The number of benzene rings is 1. The number of carbonyl (C=O) groups excluding carboxylic acids is 2. The summed E-state index contributed by atoms with van der Waals surface area (Å²) in [6.45, 7) is 4.86. The van der Waals surface area contributed by atoms with Gasteiger partial charge in [-0.05, 0) is 36.6 Å². The predicted molar refractivity (Wildman–Crippen MR) is 87.0 cm³/mol. The first-order valence-electron chi connectivity index (χ1n) is 7.27. The first-order chi connectivity index (χ1) is 10.4. The van der Waals surface area contributed by atoms with E-state index in [1.807, 2.05) is 13.8 Å². The highest BCUT2D eigenvalue weighted by Crippen LogP contribution is 2.11. The van der Waals surface area contributed by atoms with Crippen molar-refractivity contribution in [1.82, 2.24) is 10.6 Å². The van der Waals surface area contributed by atoms with Crippen LogP contribution in [-0.2, 0) is 9.53 Å². The summed E-state index contributed by atoms with van der Waals surface area (Å²) in [5, 5.41) is 6.09. The van der Waals surface area contributed by atoms with Crippen LogP contribution in [-0.4, -0.2) is 38.1 Å². The Kier molecular flexibility index (Phi) is 7.91. The number of rotatable bonds is 8. The van der Waals surface area contributed by atoms with Crippen molar-refractivity contribution in [3.63, 3.8) is 0 Å². The van der Waals surface area contributed by atoms with E-state index in [0.29, 0.717) is 30.2 Å². The van der Waals surface area contributed by atoms with Gasteiger partial charge >= 0.3 is 0 Å². The molecule has 0 saturated heterocycles. The minimum absolute atomic E-state index is 0.201. The maximum atomic E-state index is 12.2. The molecule has 0 aromatic heterocycles.